The summed E-state index contributed by atoms with van der Waals surface area (Å²) in [6.45, 7) is 1.96. The first-order chi connectivity index (χ1) is 9.97. The number of rotatable bonds is 4. The van der Waals surface area contributed by atoms with Crippen molar-refractivity contribution >= 4 is 17.5 Å². The van der Waals surface area contributed by atoms with Gasteiger partial charge in [-0.05, 0) is 42.8 Å². The first kappa shape index (κ1) is 15.4. The summed E-state index contributed by atoms with van der Waals surface area (Å²) in [7, 11) is 3.46. The zero-order chi connectivity index (χ0) is 15.4. The molecule has 3 nitrogen and oxygen atoms in total. The van der Waals surface area contributed by atoms with Crippen LogP contribution in [0.25, 0.3) is 0 Å². The minimum Gasteiger partial charge on any atom is -0.486 e. The molecule has 0 aliphatic heterocycles. The van der Waals surface area contributed by atoms with Crippen molar-refractivity contribution in [3.63, 3.8) is 0 Å². The molecule has 0 N–H and O–H groups in total. The lowest BCUT2D eigenvalue weighted by molar-refractivity contribution is 0.0827. The number of carbonyl (C=O) groups excluding carboxylic acids is 1. The average Bonchev–Trinajstić information content (AvgIpc) is 2.47. The Bertz CT molecular complexity index is 623. The van der Waals surface area contributed by atoms with Gasteiger partial charge in [0.2, 0.25) is 0 Å². The zero-order valence-electron chi connectivity index (χ0n) is 12.3. The van der Waals surface area contributed by atoms with Crippen molar-refractivity contribution < 1.29 is 9.53 Å². The van der Waals surface area contributed by atoms with Gasteiger partial charge in [-0.1, -0.05) is 29.8 Å². The van der Waals surface area contributed by atoms with Crippen molar-refractivity contribution in [1.29, 1.82) is 0 Å². The molecule has 4 heteroatoms. The van der Waals surface area contributed by atoms with E-state index in [1.807, 2.05) is 43.3 Å². The number of halogens is 1. The summed E-state index contributed by atoms with van der Waals surface area (Å²) >= 11 is 5.88. The molecule has 0 aliphatic carbocycles. The number of benzene rings is 2. The Kier molecular flexibility index (Phi) is 4.86. The second kappa shape index (κ2) is 6.64. The Morgan fingerprint density at radius 2 is 1.81 bits per heavy atom. The van der Waals surface area contributed by atoms with Crippen LogP contribution in [0.1, 0.15) is 28.9 Å². The average molecular weight is 304 g/mol. The zero-order valence-corrected chi connectivity index (χ0v) is 13.1. The summed E-state index contributed by atoms with van der Waals surface area (Å²) in [5, 5.41) is 0.699. The molecule has 110 valence electrons. The molecule has 1 amide bonds. The molecule has 2 rings (SSSR count). The SMILES string of the molecule is CC(Oc1cccc(C(=O)N(C)C)c1)c1ccc(Cl)cc1. The van der Waals surface area contributed by atoms with Crippen LogP contribution in [-0.2, 0) is 0 Å². The summed E-state index contributed by atoms with van der Waals surface area (Å²) in [6, 6.07) is 14.7. The Morgan fingerprint density at radius 1 is 1.14 bits per heavy atom. The van der Waals surface area contributed by atoms with Gasteiger partial charge in [0.1, 0.15) is 11.9 Å². The summed E-state index contributed by atoms with van der Waals surface area (Å²) in [5.74, 6) is 0.629. The van der Waals surface area contributed by atoms with Gasteiger partial charge in [-0.15, -0.1) is 0 Å². The fourth-order valence-electron chi connectivity index (χ4n) is 1.97. The predicted octanol–water partition coefficient (Wildman–Crippen LogP) is 4.18. The topological polar surface area (TPSA) is 29.5 Å². The smallest absolute Gasteiger partial charge is 0.253 e. The number of carbonyl (C=O) groups is 1. The lowest BCUT2D eigenvalue weighted by Gasteiger charge is -2.16. The minimum atomic E-state index is -0.119. The molecule has 0 bridgehead atoms. The van der Waals surface area contributed by atoms with E-state index in [1.54, 1.807) is 31.1 Å². The summed E-state index contributed by atoms with van der Waals surface area (Å²) < 4.78 is 5.90. The highest BCUT2D eigenvalue weighted by molar-refractivity contribution is 6.30. The maximum absolute atomic E-state index is 11.9. The molecule has 2 aromatic rings. The van der Waals surface area contributed by atoms with Crippen LogP contribution in [0.4, 0.5) is 0 Å². The lowest BCUT2D eigenvalue weighted by Crippen LogP contribution is -2.21. The van der Waals surface area contributed by atoms with Crippen LogP contribution in [0.5, 0.6) is 5.75 Å². The Morgan fingerprint density at radius 3 is 2.43 bits per heavy atom. The second-order valence-corrected chi connectivity index (χ2v) is 5.48. The molecule has 0 aliphatic rings. The first-order valence-electron chi connectivity index (χ1n) is 6.71. The van der Waals surface area contributed by atoms with E-state index in [-0.39, 0.29) is 12.0 Å². The van der Waals surface area contributed by atoms with Gasteiger partial charge in [-0.25, -0.2) is 0 Å². The van der Waals surface area contributed by atoms with Crippen LogP contribution < -0.4 is 4.74 Å². The van der Waals surface area contributed by atoms with Crippen LogP contribution in [0.2, 0.25) is 5.02 Å². The van der Waals surface area contributed by atoms with E-state index in [9.17, 15) is 4.79 Å². The van der Waals surface area contributed by atoms with Gasteiger partial charge in [0, 0.05) is 24.7 Å². The van der Waals surface area contributed by atoms with Gasteiger partial charge in [-0.2, -0.15) is 0 Å². The molecule has 0 radical (unpaired) electrons. The monoisotopic (exact) mass is 303 g/mol. The van der Waals surface area contributed by atoms with E-state index in [0.29, 0.717) is 16.3 Å². The lowest BCUT2D eigenvalue weighted by atomic mass is 10.1. The highest BCUT2D eigenvalue weighted by Crippen LogP contribution is 2.24. The maximum Gasteiger partial charge on any atom is 0.253 e. The molecular weight excluding hydrogens is 286 g/mol. The molecule has 0 spiro atoms. The summed E-state index contributed by atoms with van der Waals surface area (Å²) in [5.41, 5.74) is 1.64. The van der Waals surface area contributed by atoms with Crippen LogP contribution in [0.3, 0.4) is 0 Å². The molecule has 1 atom stereocenters. The van der Waals surface area contributed by atoms with Crippen LogP contribution >= 0.6 is 11.6 Å². The highest BCUT2D eigenvalue weighted by Gasteiger charge is 2.11. The van der Waals surface area contributed by atoms with Crippen LogP contribution in [0.15, 0.2) is 48.5 Å². The fourth-order valence-corrected chi connectivity index (χ4v) is 2.09. The molecule has 0 saturated heterocycles. The summed E-state index contributed by atoms with van der Waals surface area (Å²) in [6.07, 6.45) is -0.119. The van der Waals surface area contributed by atoms with Gasteiger partial charge >= 0.3 is 0 Å². The third-order valence-corrected chi connectivity index (χ3v) is 3.39. The number of amides is 1. The largest absolute Gasteiger partial charge is 0.486 e. The fraction of sp³-hybridized carbons (Fsp3) is 0.235. The number of hydrogen-bond acceptors (Lipinski definition) is 2. The minimum absolute atomic E-state index is 0.0420. The van der Waals surface area contributed by atoms with Gasteiger partial charge in [-0.3, -0.25) is 4.79 Å². The molecule has 1 unspecified atom stereocenters. The molecule has 0 saturated carbocycles. The molecular formula is C17H18ClNO2. The first-order valence-corrected chi connectivity index (χ1v) is 7.09. The standard InChI is InChI=1S/C17H18ClNO2/c1-12(13-7-9-15(18)10-8-13)21-16-6-4-5-14(11-16)17(20)19(2)3/h4-12H,1-3H3. The number of hydrogen-bond donors (Lipinski definition) is 0. The van der Waals surface area contributed by atoms with Crippen molar-refractivity contribution in [2.45, 2.75) is 13.0 Å². The van der Waals surface area contributed by atoms with Gasteiger partial charge in [0.05, 0.1) is 0 Å². The molecule has 0 fully saturated rings. The third kappa shape index (κ3) is 3.99. The van der Waals surface area contributed by atoms with Gasteiger partial charge in [0.15, 0.2) is 0 Å². The van der Waals surface area contributed by atoms with Crippen molar-refractivity contribution in [2.75, 3.05) is 14.1 Å². The second-order valence-electron chi connectivity index (χ2n) is 5.04. The predicted molar refractivity (Wildman–Crippen MR) is 85.0 cm³/mol. The van der Waals surface area contributed by atoms with Gasteiger partial charge < -0.3 is 9.64 Å². The van der Waals surface area contributed by atoms with E-state index < -0.39 is 0 Å². The summed E-state index contributed by atoms with van der Waals surface area (Å²) in [4.78, 5) is 13.5. The Labute approximate surface area is 130 Å². The van der Waals surface area contributed by atoms with Gasteiger partial charge in [0.25, 0.3) is 5.91 Å². The molecule has 21 heavy (non-hydrogen) atoms. The van der Waals surface area contributed by atoms with Crippen molar-refractivity contribution in [2.24, 2.45) is 0 Å². The highest BCUT2D eigenvalue weighted by atomic mass is 35.5. The van der Waals surface area contributed by atoms with E-state index >= 15 is 0 Å². The van der Waals surface area contributed by atoms with E-state index in [4.69, 9.17) is 16.3 Å². The molecule has 0 aromatic heterocycles. The normalized spacial score (nSPS) is 11.8. The van der Waals surface area contributed by atoms with Crippen LogP contribution in [-0.4, -0.2) is 24.9 Å². The van der Waals surface area contributed by atoms with Crippen LogP contribution in [0, 0.1) is 0 Å². The quantitative estimate of drug-likeness (QED) is 0.848. The number of nitrogens with zero attached hydrogens (tertiary/aromatic N) is 1. The van der Waals surface area contributed by atoms with Crippen molar-refractivity contribution in [3.05, 3.63) is 64.7 Å². The Balaban J connectivity index is 2.14. The maximum atomic E-state index is 11.9. The number of ether oxygens (including phenoxy) is 1. The third-order valence-electron chi connectivity index (χ3n) is 3.14. The Hall–Kier alpha value is -2.00. The van der Waals surface area contributed by atoms with E-state index in [0.717, 1.165) is 5.56 Å². The van der Waals surface area contributed by atoms with E-state index in [2.05, 4.69) is 0 Å². The van der Waals surface area contributed by atoms with Crippen molar-refractivity contribution in [3.8, 4) is 5.75 Å². The van der Waals surface area contributed by atoms with Crippen molar-refractivity contribution in [1.82, 2.24) is 4.90 Å². The molecule has 0 heterocycles. The van der Waals surface area contributed by atoms with E-state index in [1.165, 1.54) is 0 Å². The molecule has 2 aromatic carbocycles.